The van der Waals surface area contributed by atoms with Crippen LogP contribution in [0.15, 0.2) is 28.6 Å². The maximum Gasteiger partial charge on any atom is 0.210 e. The normalized spacial score (nSPS) is 16.6. The number of nitrogens with one attached hydrogen (secondary N) is 1. The Morgan fingerprint density at radius 2 is 2.08 bits per heavy atom. The maximum atomic E-state index is 10.2. The SMILES string of the molecule is COc1ccc(Nc2nnc(SC[C@@H](O)CN3CCOCC3)s2)cc1. The highest BCUT2D eigenvalue weighted by Crippen LogP contribution is 2.28. The molecule has 0 aliphatic carbocycles. The van der Waals surface area contributed by atoms with Gasteiger partial charge in [-0.2, -0.15) is 0 Å². The van der Waals surface area contributed by atoms with Crippen LogP contribution in [0.25, 0.3) is 0 Å². The first-order valence-corrected chi connectivity index (χ1v) is 9.88. The lowest BCUT2D eigenvalue weighted by molar-refractivity contribution is 0.0188. The molecule has 1 aliphatic rings. The van der Waals surface area contributed by atoms with E-state index < -0.39 is 0 Å². The van der Waals surface area contributed by atoms with Crippen molar-refractivity contribution in [3.63, 3.8) is 0 Å². The third kappa shape index (κ3) is 5.82. The fraction of sp³-hybridized carbons (Fsp3) is 0.500. The Balaban J connectivity index is 1.44. The van der Waals surface area contributed by atoms with Gasteiger partial charge in [-0.05, 0) is 24.3 Å². The number of hydrogen-bond acceptors (Lipinski definition) is 9. The molecule has 7 nitrogen and oxygen atoms in total. The third-order valence-electron chi connectivity index (χ3n) is 3.72. The van der Waals surface area contributed by atoms with E-state index in [2.05, 4.69) is 20.4 Å². The van der Waals surface area contributed by atoms with E-state index in [0.29, 0.717) is 12.3 Å². The summed E-state index contributed by atoms with van der Waals surface area (Å²) in [6.45, 7) is 3.94. The van der Waals surface area contributed by atoms with Crippen molar-refractivity contribution in [2.24, 2.45) is 0 Å². The first-order valence-electron chi connectivity index (χ1n) is 8.08. The van der Waals surface area contributed by atoms with Crippen molar-refractivity contribution in [1.29, 1.82) is 0 Å². The average Bonchev–Trinajstić information content (AvgIpc) is 3.09. The minimum Gasteiger partial charge on any atom is -0.497 e. The van der Waals surface area contributed by atoms with Gasteiger partial charge in [0, 0.05) is 31.1 Å². The lowest BCUT2D eigenvalue weighted by Gasteiger charge is -2.28. The summed E-state index contributed by atoms with van der Waals surface area (Å²) in [5, 5.41) is 22.4. The van der Waals surface area contributed by atoms with Gasteiger partial charge in [0.05, 0.1) is 26.4 Å². The van der Waals surface area contributed by atoms with E-state index in [1.54, 1.807) is 7.11 Å². The smallest absolute Gasteiger partial charge is 0.210 e. The van der Waals surface area contributed by atoms with Crippen molar-refractivity contribution < 1.29 is 14.6 Å². The summed E-state index contributed by atoms with van der Waals surface area (Å²) in [5.74, 6) is 1.42. The maximum absolute atomic E-state index is 10.2. The van der Waals surface area contributed by atoms with Gasteiger partial charge < -0.3 is 19.9 Å². The van der Waals surface area contributed by atoms with Crippen LogP contribution < -0.4 is 10.1 Å². The van der Waals surface area contributed by atoms with Crippen molar-refractivity contribution in [3.8, 4) is 5.75 Å². The molecule has 1 fully saturated rings. The molecule has 0 saturated carbocycles. The van der Waals surface area contributed by atoms with Gasteiger partial charge in [0.15, 0.2) is 4.34 Å². The molecule has 3 rings (SSSR count). The number of anilines is 2. The predicted molar refractivity (Wildman–Crippen MR) is 100 cm³/mol. The summed E-state index contributed by atoms with van der Waals surface area (Å²) >= 11 is 3.01. The van der Waals surface area contributed by atoms with Crippen LogP contribution in [0, 0.1) is 0 Å². The summed E-state index contributed by atoms with van der Waals surface area (Å²) in [5.41, 5.74) is 0.931. The number of aliphatic hydroxyl groups excluding tert-OH is 1. The highest BCUT2D eigenvalue weighted by atomic mass is 32.2. The van der Waals surface area contributed by atoms with Gasteiger partial charge in [-0.1, -0.05) is 23.1 Å². The Morgan fingerprint density at radius 3 is 2.80 bits per heavy atom. The van der Waals surface area contributed by atoms with Gasteiger partial charge in [-0.3, -0.25) is 4.90 Å². The second kappa shape index (κ2) is 9.35. The second-order valence-corrected chi connectivity index (χ2v) is 7.85. The molecule has 1 saturated heterocycles. The van der Waals surface area contributed by atoms with E-state index >= 15 is 0 Å². The first-order chi connectivity index (χ1) is 12.2. The summed E-state index contributed by atoms with van der Waals surface area (Å²) in [4.78, 5) is 2.23. The summed E-state index contributed by atoms with van der Waals surface area (Å²) in [7, 11) is 1.64. The highest BCUT2D eigenvalue weighted by molar-refractivity contribution is 8.01. The molecule has 0 bridgehead atoms. The van der Waals surface area contributed by atoms with Crippen molar-refractivity contribution in [1.82, 2.24) is 15.1 Å². The molecule has 1 aromatic carbocycles. The average molecular weight is 383 g/mol. The van der Waals surface area contributed by atoms with E-state index in [0.717, 1.165) is 47.2 Å². The number of nitrogens with zero attached hydrogens (tertiary/aromatic N) is 3. The molecule has 2 N–H and O–H groups in total. The fourth-order valence-electron chi connectivity index (χ4n) is 2.42. The monoisotopic (exact) mass is 382 g/mol. The highest BCUT2D eigenvalue weighted by Gasteiger charge is 2.16. The molecule has 1 aromatic heterocycles. The first kappa shape index (κ1) is 18.4. The molecular weight excluding hydrogens is 360 g/mol. The lowest BCUT2D eigenvalue weighted by atomic mass is 10.3. The molecule has 0 spiro atoms. The Labute approximate surface area is 155 Å². The zero-order chi connectivity index (χ0) is 17.5. The minimum atomic E-state index is -0.384. The number of rotatable bonds is 8. The van der Waals surface area contributed by atoms with Gasteiger partial charge >= 0.3 is 0 Å². The van der Waals surface area contributed by atoms with Crippen LogP contribution in [0.5, 0.6) is 5.75 Å². The van der Waals surface area contributed by atoms with Gasteiger partial charge in [0.1, 0.15) is 5.75 Å². The van der Waals surface area contributed by atoms with Crippen molar-refractivity contribution in [2.45, 2.75) is 10.4 Å². The molecule has 2 heterocycles. The molecule has 1 atom stereocenters. The van der Waals surface area contributed by atoms with Gasteiger partial charge in [0.25, 0.3) is 0 Å². The van der Waals surface area contributed by atoms with Crippen LogP contribution in [0.4, 0.5) is 10.8 Å². The topological polar surface area (TPSA) is 79.7 Å². The van der Waals surface area contributed by atoms with Crippen molar-refractivity contribution in [3.05, 3.63) is 24.3 Å². The molecule has 0 unspecified atom stereocenters. The molecule has 9 heteroatoms. The summed E-state index contributed by atoms with van der Waals surface area (Å²) in [6, 6.07) is 7.64. The summed E-state index contributed by atoms with van der Waals surface area (Å²) < 4.78 is 11.3. The Kier molecular flexibility index (Phi) is 6.88. The minimum absolute atomic E-state index is 0.384. The number of hydrogen-bond donors (Lipinski definition) is 2. The fourth-order valence-corrected chi connectivity index (χ4v) is 4.13. The van der Waals surface area contributed by atoms with Crippen LogP contribution in [0.3, 0.4) is 0 Å². The van der Waals surface area contributed by atoms with Crippen molar-refractivity contribution >= 4 is 33.9 Å². The van der Waals surface area contributed by atoms with Gasteiger partial charge in [-0.15, -0.1) is 10.2 Å². The standard InChI is InChI=1S/C16H22N4O3S2/c1-22-14-4-2-12(3-5-14)17-15-18-19-16(25-15)24-11-13(21)10-20-6-8-23-9-7-20/h2-5,13,21H,6-11H2,1H3,(H,17,18)/t13-/m0/s1. The number of β-amino-alcohol motifs (C(OH)–C–C–N with tert-alkyl or cyclic N) is 1. The molecule has 1 aliphatic heterocycles. The summed E-state index contributed by atoms with van der Waals surface area (Å²) in [6.07, 6.45) is -0.384. The molecule has 25 heavy (non-hydrogen) atoms. The number of ether oxygens (including phenoxy) is 2. The zero-order valence-corrected chi connectivity index (χ0v) is 15.7. The molecule has 136 valence electrons. The predicted octanol–water partition coefficient (Wildman–Crippen LogP) is 2.08. The largest absolute Gasteiger partial charge is 0.497 e. The number of methoxy groups -OCH3 is 1. The quantitative estimate of drug-likeness (QED) is 0.672. The number of benzene rings is 1. The Morgan fingerprint density at radius 1 is 1.32 bits per heavy atom. The van der Waals surface area contributed by atoms with E-state index in [9.17, 15) is 5.11 Å². The van der Waals surface area contributed by atoms with E-state index in [4.69, 9.17) is 9.47 Å². The number of morpholine rings is 1. The number of aliphatic hydroxyl groups is 1. The van der Waals surface area contributed by atoms with Crippen LogP contribution in [0.1, 0.15) is 0 Å². The third-order valence-corrected chi connectivity index (χ3v) is 5.84. The molecule has 0 radical (unpaired) electrons. The molecule has 0 amide bonds. The van der Waals surface area contributed by atoms with Crippen LogP contribution in [0.2, 0.25) is 0 Å². The Hall–Kier alpha value is -1.39. The molecular formula is C16H22N4O3S2. The van der Waals surface area contributed by atoms with Gasteiger partial charge in [-0.25, -0.2) is 0 Å². The van der Waals surface area contributed by atoms with Crippen LogP contribution >= 0.6 is 23.1 Å². The van der Waals surface area contributed by atoms with Gasteiger partial charge in [0.2, 0.25) is 5.13 Å². The van der Waals surface area contributed by atoms with Crippen molar-refractivity contribution in [2.75, 3.05) is 51.0 Å². The second-order valence-electron chi connectivity index (χ2n) is 5.60. The molecule has 2 aromatic rings. The zero-order valence-electron chi connectivity index (χ0n) is 14.1. The van der Waals surface area contributed by atoms with E-state index in [1.165, 1.54) is 23.1 Å². The lowest BCUT2D eigenvalue weighted by Crippen LogP contribution is -2.41. The van der Waals surface area contributed by atoms with Crippen LogP contribution in [-0.4, -0.2) is 72.0 Å². The number of aromatic nitrogens is 2. The number of thioether (sulfide) groups is 1. The van der Waals surface area contributed by atoms with E-state index in [1.807, 2.05) is 24.3 Å². The van der Waals surface area contributed by atoms with E-state index in [-0.39, 0.29) is 6.10 Å². The van der Waals surface area contributed by atoms with Crippen LogP contribution in [-0.2, 0) is 4.74 Å². The Bertz CT molecular complexity index is 647.